The molecule has 0 aliphatic rings. The van der Waals surface area contributed by atoms with Crippen LogP contribution in [0.2, 0.25) is 0 Å². The van der Waals surface area contributed by atoms with Crippen molar-refractivity contribution in [3.63, 3.8) is 0 Å². The number of nitrogens with two attached hydrogens (primary N) is 1. The van der Waals surface area contributed by atoms with Gasteiger partial charge in [-0.1, -0.05) is 28.4 Å². The van der Waals surface area contributed by atoms with Crippen molar-refractivity contribution in [2.45, 2.75) is 13.8 Å². The molecule has 2 N–H and O–H groups in total. The summed E-state index contributed by atoms with van der Waals surface area (Å²) in [5, 5.41) is 7.68. The largest absolute Gasteiger partial charge is 0.399 e. The van der Waals surface area contributed by atoms with Gasteiger partial charge in [-0.15, -0.1) is 5.12 Å². The molecule has 22 heavy (non-hydrogen) atoms. The van der Waals surface area contributed by atoms with E-state index in [4.69, 9.17) is 5.73 Å². The van der Waals surface area contributed by atoms with Crippen molar-refractivity contribution in [1.29, 1.82) is 0 Å². The summed E-state index contributed by atoms with van der Waals surface area (Å²) in [6.45, 7) is 3.80. The lowest BCUT2D eigenvalue weighted by Crippen LogP contribution is -2.09. The molecule has 2 rings (SSSR count). The van der Waals surface area contributed by atoms with Crippen LogP contribution < -0.4 is 10.9 Å². The van der Waals surface area contributed by atoms with Gasteiger partial charge in [-0.2, -0.15) is 0 Å². The Hall–Kier alpha value is -3.20. The molecule has 0 spiro atoms. The molecule has 0 unspecified atom stereocenters. The summed E-state index contributed by atoms with van der Waals surface area (Å²) in [6, 6.07) is 11.1. The smallest absolute Gasteiger partial charge is 0.260 e. The predicted molar refractivity (Wildman–Crippen MR) is 84.5 cm³/mol. The fourth-order valence-electron chi connectivity index (χ4n) is 2.21. The number of hydrazone groups is 2. The van der Waals surface area contributed by atoms with Crippen LogP contribution in [0.25, 0.3) is 11.1 Å². The summed E-state index contributed by atoms with van der Waals surface area (Å²) in [7, 11) is 0. The third-order valence-electron chi connectivity index (χ3n) is 3.47. The van der Waals surface area contributed by atoms with Crippen LogP contribution in [0.1, 0.15) is 11.1 Å². The quantitative estimate of drug-likeness (QED) is 0.406. The molecule has 0 amide bonds. The molecule has 0 saturated carbocycles. The standard InChI is InChI=1S/C16H14N4O2/c1-11-12(2)16(20(18-9-21)19-10-22)8-7-15(11)13-3-5-14(17)6-4-13/h3-8H,17H2,1-2H3. The summed E-state index contributed by atoms with van der Waals surface area (Å²) in [5.41, 5.74) is 10.8. The van der Waals surface area contributed by atoms with Gasteiger partial charge in [0.25, 0.3) is 12.2 Å². The molecule has 110 valence electrons. The first-order valence-electron chi connectivity index (χ1n) is 6.50. The molecule has 0 aliphatic carbocycles. The number of nitrogens with zero attached hydrogens (tertiary/aromatic N) is 3. The molecule has 0 aliphatic heterocycles. The molecule has 0 aromatic heterocycles. The van der Waals surface area contributed by atoms with Gasteiger partial charge < -0.3 is 5.73 Å². The van der Waals surface area contributed by atoms with Gasteiger partial charge in [0.05, 0.1) is 5.69 Å². The Balaban J connectivity index is 2.55. The van der Waals surface area contributed by atoms with E-state index in [1.807, 2.05) is 44.2 Å². The average molecular weight is 294 g/mol. The number of carbonyl (C=O) groups excluding carboxylic acids is 2. The minimum absolute atomic E-state index is 0.517. The van der Waals surface area contributed by atoms with E-state index >= 15 is 0 Å². The summed E-state index contributed by atoms with van der Waals surface area (Å²) >= 11 is 0. The zero-order valence-electron chi connectivity index (χ0n) is 12.2. The van der Waals surface area contributed by atoms with Crippen LogP contribution in [0.4, 0.5) is 11.4 Å². The molecule has 6 nitrogen and oxygen atoms in total. The Bertz CT molecular complexity index is 769. The van der Waals surface area contributed by atoms with Crippen LogP contribution in [-0.2, 0) is 9.59 Å². The van der Waals surface area contributed by atoms with Crippen LogP contribution in [0, 0.1) is 13.8 Å². The first-order chi connectivity index (χ1) is 10.6. The van der Waals surface area contributed by atoms with Gasteiger partial charge in [0.1, 0.15) is 0 Å². The molecule has 0 saturated heterocycles. The Labute approximate surface area is 127 Å². The normalized spacial score (nSPS) is 9.55. The molecule has 2 aromatic rings. The first kappa shape index (κ1) is 15.2. The Morgan fingerprint density at radius 1 is 0.909 bits per heavy atom. The molecule has 0 heterocycles. The van der Waals surface area contributed by atoms with E-state index in [1.54, 1.807) is 6.07 Å². The topological polar surface area (TPSA) is 88.1 Å². The van der Waals surface area contributed by atoms with E-state index in [-0.39, 0.29) is 0 Å². The molecular formula is C16H14N4O2. The Kier molecular flexibility index (Phi) is 4.49. The third kappa shape index (κ3) is 2.94. The maximum Gasteiger partial charge on any atom is 0.260 e. The van der Waals surface area contributed by atoms with Gasteiger partial charge >= 0.3 is 0 Å². The minimum atomic E-state index is 0.517. The van der Waals surface area contributed by atoms with E-state index < -0.39 is 0 Å². The van der Waals surface area contributed by atoms with Crippen LogP contribution >= 0.6 is 0 Å². The molecule has 2 aromatic carbocycles. The van der Waals surface area contributed by atoms with Crippen molar-refractivity contribution in [3.8, 4) is 11.1 Å². The molecular weight excluding hydrogens is 280 g/mol. The summed E-state index contributed by atoms with van der Waals surface area (Å²) in [4.78, 5) is 20.9. The van der Waals surface area contributed by atoms with Gasteiger partial charge in [-0.05, 0) is 54.3 Å². The average Bonchev–Trinajstić information content (AvgIpc) is 2.51. The second-order valence-corrected chi connectivity index (χ2v) is 4.68. The van der Waals surface area contributed by atoms with Gasteiger partial charge in [0.15, 0.2) is 0 Å². The van der Waals surface area contributed by atoms with Crippen molar-refractivity contribution in [1.82, 2.24) is 0 Å². The summed E-state index contributed by atoms with van der Waals surface area (Å²) in [6.07, 6.45) is 2.73. The molecule has 0 fully saturated rings. The van der Waals surface area contributed by atoms with E-state index in [1.165, 1.54) is 12.2 Å². The highest BCUT2D eigenvalue weighted by Crippen LogP contribution is 2.32. The van der Waals surface area contributed by atoms with Crippen LogP contribution in [0.3, 0.4) is 0 Å². The van der Waals surface area contributed by atoms with Crippen molar-refractivity contribution in [3.05, 3.63) is 47.5 Å². The maximum atomic E-state index is 10.4. The number of nitrogen functional groups attached to an aromatic ring is 1. The number of benzene rings is 2. The highest BCUT2D eigenvalue weighted by molar-refractivity contribution is 5.74. The van der Waals surface area contributed by atoms with Crippen LogP contribution in [0.5, 0.6) is 0 Å². The van der Waals surface area contributed by atoms with E-state index in [0.717, 1.165) is 27.4 Å². The monoisotopic (exact) mass is 294 g/mol. The van der Waals surface area contributed by atoms with Crippen molar-refractivity contribution >= 4 is 23.5 Å². The first-order valence-corrected chi connectivity index (χ1v) is 6.50. The number of rotatable bonds is 4. The van der Waals surface area contributed by atoms with E-state index in [2.05, 4.69) is 10.2 Å². The van der Waals surface area contributed by atoms with Crippen molar-refractivity contribution < 1.29 is 9.59 Å². The van der Waals surface area contributed by atoms with Crippen molar-refractivity contribution in [2.24, 2.45) is 10.2 Å². The molecule has 0 radical (unpaired) electrons. The number of anilines is 2. The maximum absolute atomic E-state index is 10.4. The Morgan fingerprint density at radius 2 is 1.50 bits per heavy atom. The zero-order valence-corrected chi connectivity index (χ0v) is 12.2. The fraction of sp³-hybridized carbons (Fsp3) is 0.125. The summed E-state index contributed by atoms with van der Waals surface area (Å²) in [5.74, 6) is 0. The van der Waals surface area contributed by atoms with Gasteiger partial charge in [-0.3, -0.25) is 0 Å². The Morgan fingerprint density at radius 3 is 2.05 bits per heavy atom. The van der Waals surface area contributed by atoms with Crippen LogP contribution in [-0.4, -0.2) is 12.2 Å². The zero-order chi connectivity index (χ0) is 16.1. The lowest BCUT2D eigenvalue weighted by atomic mass is 9.96. The minimum Gasteiger partial charge on any atom is -0.399 e. The molecule has 0 bridgehead atoms. The van der Waals surface area contributed by atoms with Gasteiger partial charge in [-0.25, -0.2) is 9.59 Å². The van der Waals surface area contributed by atoms with E-state index in [9.17, 15) is 9.59 Å². The summed E-state index contributed by atoms with van der Waals surface area (Å²) < 4.78 is 0. The van der Waals surface area contributed by atoms with Gasteiger partial charge in [0, 0.05) is 5.69 Å². The predicted octanol–water partition coefficient (Wildman–Crippen LogP) is 2.86. The lowest BCUT2D eigenvalue weighted by molar-refractivity contribution is 0.558. The second-order valence-electron chi connectivity index (χ2n) is 4.68. The SMILES string of the molecule is Cc1c(-c2ccc(N)cc2)ccc(N(N=C=O)N=C=O)c1C. The third-order valence-corrected chi connectivity index (χ3v) is 3.47. The molecule has 0 atom stereocenters. The number of isocyanates is 2. The molecule has 6 heteroatoms. The van der Waals surface area contributed by atoms with Crippen molar-refractivity contribution in [2.75, 3.05) is 10.9 Å². The highest BCUT2D eigenvalue weighted by Gasteiger charge is 2.13. The fourth-order valence-corrected chi connectivity index (χ4v) is 2.21. The number of hydrogen-bond acceptors (Lipinski definition) is 6. The number of hydrogen-bond donors (Lipinski definition) is 1. The van der Waals surface area contributed by atoms with Gasteiger partial charge in [0.2, 0.25) is 0 Å². The second kappa shape index (κ2) is 6.50. The van der Waals surface area contributed by atoms with Crippen LogP contribution in [0.15, 0.2) is 46.6 Å². The van der Waals surface area contributed by atoms with E-state index in [0.29, 0.717) is 11.4 Å². The lowest BCUT2D eigenvalue weighted by Gasteiger charge is -2.16. The highest BCUT2D eigenvalue weighted by atomic mass is 16.1.